The summed E-state index contributed by atoms with van der Waals surface area (Å²) in [6, 6.07) is 10.3. The van der Waals surface area contributed by atoms with Crippen molar-refractivity contribution in [3.63, 3.8) is 0 Å². The molecule has 1 aromatic heterocycles. The van der Waals surface area contributed by atoms with Crippen molar-refractivity contribution in [2.75, 3.05) is 13.1 Å². The first-order chi connectivity index (χ1) is 10.8. The fraction of sp³-hybridized carbons (Fsp3) is 0.412. The number of nitrogens with two attached hydrogens (primary N) is 1. The van der Waals surface area contributed by atoms with Crippen molar-refractivity contribution >= 4 is 5.91 Å². The molecule has 0 spiro atoms. The van der Waals surface area contributed by atoms with Crippen LogP contribution in [0.1, 0.15) is 35.2 Å². The highest BCUT2D eigenvalue weighted by atomic mass is 16.2. The molecule has 5 nitrogen and oxygen atoms in total. The SMILES string of the molecule is NCC1CCCCN1C(=O)c1cnn(Cc2ccccc2)c1. The molecular weight excluding hydrogens is 276 g/mol. The van der Waals surface area contributed by atoms with Crippen molar-refractivity contribution in [2.24, 2.45) is 5.73 Å². The van der Waals surface area contributed by atoms with E-state index in [1.165, 1.54) is 5.56 Å². The van der Waals surface area contributed by atoms with E-state index < -0.39 is 0 Å². The molecule has 1 aliphatic heterocycles. The van der Waals surface area contributed by atoms with Gasteiger partial charge >= 0.3 is 0 Å². The zero-order valence-electron chi connectivity index (χ0n) is 12.7. The van der Waals surface area contributed by atoms with Gasteiger partial charge in [0, 0.05) is 25.3 Å². The molecule has 1 aromatic carbocycles. The molecule has 1 unspecified atom stereocenters. The third-order valence-corrected chi connectivity index (χ3v) is 4.23. The molecule has 1 fully saturated rings. The maximum Gasteiger partial charge on any atom is 0.257 e. The number of hydrogen-bond donors (Lipinski definition) is 1. The summed E-state index contributed by atoms with van der Waals surface area (Å²) < 4.78 is 1.81. The monoisotopic (exact) mass is 298 g/mol. The minimum absolute atomic E-state index is 0.0504. The second-order valence-electron chi connectivity index (χ2n) is 5.80. The standard InChI is InChI=1S/C17H22N4O/c18-10-16-8-4-5-9-21(16)17(22)15-11-19-20(13-15)12-14-6-2-1-3-7-14/h1-3,6-7,11,13,16H,4-5,8-10,12,18H2. The summed E-state index contributed by atoms with van der Waals surface area (Å²) in [6.45, 7) is 2.00. The Morgan fingerprint density at radius 2 is 2.09 bits per heavy atom. The van der Waals surface area contributed by atoms with Crippen LogP contribution in [0, 0.1) is 0 Å². The maximum atomic E-state index is 12.7. The molecule has 0 aliphatic carbocycles. The van der Waals surface area contributed by atoms with Gasteiger partial charge in [-0.1, -0.05) is 30.3 Å². The summed E-state index contributed by atoms with van der Waals surface area (Å²) in [4.78, 5) is 14.6. The van der Waals surface area contributed by atoms with E-state index in [0.717, 1.165) is 25.8 Å². The second kappa shape index (κ2) is 6.75. The van der Waals surface area contributed by atoms with E-state index in [9.17, 15) is 4.79 Å². The highest BCUT2D eigenvalue weighted by molar-refractivity contribution is 5.94. The molecule has 0 saturated carbocycles. The molecule has 5 heteroatoms. The summed E-state index contributed by atoms with van der Waals surface area (Å²) in [5.74, 6) is 0.0504. The van der Waals surface area contributed by atoms with Crippen molar-refractivity contribution in [2.45, 2.75) is 31.8 Å². The third-order valence-electron chi connectivity index (χ3n) is 4.23. The first-order valence-corrected chi connectivity index (χ1v) is 7.85. The van der Waals surface area contributed by atoms with Crippen molar-refractivity contribution < 1.29 is 4.79 Å². The Bertz CT molecular complexity index is 623. The fourth-order valence-electron chi connectivity index (χ4n) is 3.01. The largest absolute Gasteiger partial charge is 0.334 e. The highest BCUT2D eigenvalue weighted by Crippen LogP contribution is 2.19. The van der Waals surface area contributed by atoms with Gasteiger partial charge in [-0.2, -0.15) is 5.10 Å². The minimum atomic E-state index is 0.0504. The molecule has 1 saturated heterocycles. The lowest BCUT2D eigenvalue weighted by molar-refractivity contribution is 0.0623. The van der Waals surface area contributed by atoms with E-state index in [2.05, 4.69) is 17.2 Å². The normalized spacial score (nSPS) is 18.4. The average molecular weight is 298 g/mol. The summed E-state index contributed by atoms with van der Waals surface area (Å²) >= 11 is 0. The Morgan fingerprint density at radius 3 is 2.86 bits per heavy atom. The average Bonchev–Trinajstić information content (AvgIpc) is 3.03. The smallest absolute Gasteiger partial charge is 0.257 e. The molecule has 2 N–H and O–H groups in total. The molecule has 3 rings (SSSR count). The van der Waals surface area contributed by atoms with Crippen LogP contribution in [0.4, 0.5) is 0 Å². The van der Waals surface area contributed by atoms with Crippen LogP contribution in [0.25, 0.3) is 0 Å². The van der Waals surface area contributed by atoms with Gasteiger partial charge in [0.05, 0.1) is 18.3 Å². The Hall–Kier alpha value is -2.14. The predicted molar refractivity (Wildman–Crippen MR) is 85.5 cm³/mol. The van der Waals surface area contributed by atoms with Crippen molar-refractivity contribution in [3.8, 4) is 0 Å². The van der Waals surface area contributed by atoms with E-state index in [4.69, 9.17) is 5.73 Å². The van der Waals surface area contributed by atoms with Gasteiger partial charge in [0.25, 0.3) is 5.91 Å². The fourth-order valence-corrected chi connectivity index (χ4v) is 3.01. The van der Waals surface area contributed by atoms with Gasteiger partial charge in [0.1, 0.15) is 0 Å². The summed E-state index contributed by atoms with van der Waals surface area (Å²) in [7, 11) is 0. The number of rotatable bonds is 4. The van der Waals surface area contributed by atoms with Crippen LogP contribution < -0.4 is 5.73 Å². The van der Waals surface area contributed by atoms with Crippen molar-refractivity contribution in [1.29, 1.82) is 0 Å². The highest BCUT2D eigenvalue weighted by Gasteiger charge is 2.27. The molecule has 22 heavy (non-hydrogen) atoms. The Labute approximate surface area is 130 Å². The molecule has 116 valence electrons. The van der Waals surface area contributed by atoms with E-state index in [-0.39, 0.29) is 11.9 Å². The van der Waals surface area contributed by atoms with E-state index >= 15 is 0 Å². The Balaban J connectivity index is 1.71. The minimum Gasteiger partial charge on any atom is -0.334 e. The van der Waals surface area contributed by atoms with Gasteiger partial charge in [-0.15, -0.1) is 0 Å². The first kappa shape index (κ1) is 14.8. The molecule has 2 heterocycles. The van der Waals surface area contributed by atoms with Crippen molar-refractivity contribution in [1.82, 2.24) is 14.7 Å². The number of amides is 1. The Morgan fingerprint density at radius 1 is 1.27 bits per heavy atom. The number of carbonyl (C=O) groups is 1. The summed E-state index contributed by atoms with van der Waals surface area (Å²) in [5.41, 5.74) is 7.62. The van der Waals surface area contributed by atoms with Crippen LogP contribution >= 0.6 is 0 Å². The quantitative estimate of drug-likeness (QED) is 0.937. The lowest BCUT2D eigenvalue weighted by Gasteiger charge is -2.34. The zero-order chi connectivity index (χ0) is 15.4. The third kappa shape index (κ3) is 3.20. The van der Waals surface area contributed by atoms with Gasteiger partial charge in [-0.05, 0) is 24.8 Å². The molecule has 1 atom stereocenters. The number of aromatic nitrogens is 2. The lowest BCUT2D eigenvalue weighted by Crippen LogP contribution is -2.47. The van der Waals surface area contributed by atoms with E-state index in [1.807, 2.05) is 34.0 Å². The molecule has 0 bridgehead atoms. The van der Waals surface area contributed by atoms with Crippen LogP contribution in [-0.4, -0.2) is 39.7 Å². The van der Waals surface area contributed by atoms with Crippen LogP contribution in [0.5, 0.6) is 0 Å². The van der Waals surface area contributed by atoms with E-state index in [0.29, 0.717) is 18.7 Å². The van der Waals surface area contributed by atoms with Crippen LogP contribution in [-0.2, 0) is 6.54 Å². The number of carbonyl (C=O) groups excluding carboxylic acids is 1. The van der Waals surface area contributed by atoms with Crippen molar-refractivity contribution in [3.05, 3.63) is 53.9 Å². The second-order valence-corrected chi connectivity index (χ2v) is 5.80. The van der Waals surface area contributed by atoms with Gasteiger partial charge in [-0.3, -0.25) is 9.48 Å². The summed E-state index contributed by atoms with van der Waals surface area (Å²) in [6.07, 6.45) is 6.70. The maximum absolute atomic E-state index is 12.7. The van der Waals surface area contributed by atoms with Crippen LogP contribution in [0.2, 0.25) is 0 Å². The van der Waals surface area contributed by atoms with Gasteiger partial charge < -0.3 is 10.6 Å². The number of likely N-dealkylation sites (tertiary alicyclic amines) is 1. The van der Waals surface area contributed by atoms with Gasteiger partial charge in [0.15, 0.2) is 0 Å². The number of hydrogen-bond acceptors (Lipinski definition) is 3. The lowest BCUT2D eigenvalue weighted by atomic mass is 10.0. The van der Waals surface area contributed by atoms with Gasteiger partial charge in [-0.25, -0.2) is 0 Å². The number of piperidine rings is 1. The number of benzene rings is 1. The topological polar surface area (TPSA) is 64.2 Å². The van der Waals surface area contributed by atoms with Crippen LogP contribution in [0.3, 0.4) is 0 Å². The summed E-state index contributed by atoms with van der Waals surface area (Å²) in [5, 5.41) is 4.32. The van der Waals surface area contributed by atoms with Gasteiger partial charge in [0.2, 0.25) is 0 Å². The Kier molecular flexibility index (Phi) is 4.53. The first-order valence-electron chi connectivity index (χ1n) is 7.85. The molecule has 0 radical (unpaired) electrons. The van der Waals surface area contributed by atoms with Crippen LogP contribution in [0.15, 0.2) is 42.7 Å². The molecular formula is C17H22N4O. The molecule has 1 amide bonds. The molecule has 2 aromatic rings. The van der Waals surface area contributed by atoms with E-state index in [1.54, 1.807) is 6.20 Å². The zero-order valence-corrected chi connectivity index (χ0v) is 12.7. The molecule has 1 aliphatic rings. The predicted octanol–water partition coefficient (Wildman–Crippen LogP) is 1.88. The number of nitrogens with zero attached hydrogens (tertiary/aromatic N) is 3.